The molecule has 2 rings (SSSR count). The average molecular weight is 385 g/mol. The van der Waals surface area contributed by atoms with Gasteiger partial charge in [0.25, 0.3) is 0 Å². The number of ether oxygens (including phenoxy) is 1. The average Bonchev–Trinajstić information content (AvgIpc) is 2.53. The summed E-state index contributed by atoms with van der Waals surface area (Å²) in [4.78, 5) is 12.0. The first-order valence-corrected chi connectivity index (χ1v) is 7.76. The highest BCUT2D eigenvalue weighted by atomic mass is 19.4. The lowest BCUT2D eigenvalue weighted by Crippen LogP contribution is -2.44. The normalized spacial score (nSPS) is 20.8. The summed E-state index contributed by atoms with van der Waals surface area (Å²) >= 11 is 0. The lowest BCUT2D eigenvalue weighted by atomic mass is 10.0. The summed E-state index contributed by atoms with van der Waals surface area (Å²) < 4.78 is 82.8. The summed E-state index contributed by atoms with van der Waals surface area (Å²) in [6, 6.07) is 4.44. The Bertz CT molecular complexity index is 631. The standard InChI is InChI=1S/C16H17F6NO3/c17-15(18,19)11-3-1-2-10(6-11)13-9-23(4-5-26-13)8-12(7-14(24)25)16(20,21)22/h1-3,6,12-13H,4-5,7-9H2,(H,24,25)/t12-,13+/m0/s1. The number of nitrogens with zero attached hydrogens (tertiary/aromatic N) is 1. The number of morpholine rings is 1. The van der Waals surface area contributed by atoms with Gasteiger partial charge in [0.15, 0.2) is 0 Å². The van der Waals surface area contributed by atoms with E-state index in [0.717, 1.165) is 12.1 Å². The van der Waals surface area contributed by atoms with Gasteiger partial charge in [-0.05, 0) is 17.7 Å². The molecule has 10 heteroatoms. The molecule has 1 aromatic rings. The van der Waals surface area contributed by atoms with E-state index in [1.54, 1.807) is 0 Å². The minimum atomic E-state index is -4.68. The molecule has 0 saturated carbocycles. The molecular weight excluding hydrogens is 368 g/mol. The maximum absolute atomic E-state index is 13.0. The van der Waals surface area contributed by atoms with Gasteiger partial charge in [-0.15, -0.1) is 0 Å². The zero-order chi connectivity index (χ0) is 19.5. The van der Waals surface area contributed by atoms with Crippen molar-refractivity contribution in [2.45, 2.75) is 24.9 Å². The highest BCUT2D eigenvalue weighted by Crippen LogP contribution is 2.34. The Labute approximate surface area is 145 Å². The minimum absolute atomic E-state index is 0.0402. The highest BCUT2D eigenvalue weighted by molar-refractivity contribution is 5.67. The van der Waals surface area contributed by atoms with Crippen LogP contribution in [0.25, 0.3) is 0 Å². The SMILES string of the molecule is O=C(O)C[C@@H](CN1CCO[C@@H](c2cccc(C(F)(F)F)c2)C1)C(F)(F)F. The molecule has 1 fully saturated rings. The van der Waals surface area contributed by atoms with Crippen molar-refractivity contribution < 1.29 is 41.0 Å². The molecule has 146 valence electrons. The van der Waals surface area contributed by atoms with E-state index in [0.29, 0.717) is 0 Å². The number of carboxylic acids is 1. The number of aliphatic carboxylic acids is 1. The number of hydrogen-bond donors (Lipinski definition) is 1. The second-order valence-electron chi connectivity index (χ2n) is 6.08. The summed E-state index contributed by atoms with van der Waals surface area (Å²) in [5.41, 5.74) is -0.652. The van der Waals surface area contributed by atoms with E-state index in [9.17, 15) is 31.1 Å². The van der Waals surface area contributed by atoms with Gasteiger partial charge in [-0.25, -0.2) is 0 Å². The number of carbonyl (C=O) groups is 1. The third-order valence-electron chi connectivity index (χ3n) is 4.10. The van der Waals surface area contributed by atoms with Crippen molar-refractivity contribution in [3.63, 3.8) is 0 Å². The molecule has 0 spiro atoms. The van der Waals surface area contributed by atoms with Gasteiger partial charge in [0.1, 0.15) is 0 Å². The van der Waals surface area contributed by atoms with E-state index in [1.165, 1.54) is 17.0 Å². The van der Waals surface area contributed by atoms with Crippen molar-refractivity contribution in [1.29, 1.82) is 0 Å². The monoisotopic (exact) mass is 385 g/mol. The number of benzene rings is 1. The van der Waals surface area contributed by atoms with Crippen molar-refractivity contribution in [2.75, 3.05) is 26.2 Å². The Morgan fingerprint density at radius 2 is 1.96 bits per heavy atom. The van der Waals surface area contributed by atoms with Crippen molar-refractivity contribution in [3.05, 3.63) is 35.4 Å². The summed E-state index contributed by atoms with van der Waals surface area (Å²) in [6.45, 7) is -0.414. The molecule has 0 aromatic heterocycles. The van der Waals surface area contributed by atoms with Crippen LogP contribution in [0.2, 0.25) is 0 Å². The summed E-state index contributed by atoms with van der Waals surface area (Å²) in [7, 11) is 0. The first kappa shape index (κ1) is 20.5. The zero-order valence-electron chi connectivity index (χ0n) is 13.5. The fourth-order valence-corrected chi connectivity index (χ4v) is 2.79. The third-order valence-corrected chi connectivity index (χ3v) is 4.10. The summed E-state index contributed by atoms with van der Waals surface area (Å²) in [5.74, 6) is -3.62. The lowest BCUT2D eigenvalue weighted by molar-refractivity contribution is -0.189. The second kappa shape index (κ2) is 7.83. The van der Waals surface area contributed by atoms with Crippen LogP contribution in [0.4, 0.5) is 26.3 Å². The Morgan fingerprint density at radius 1 is 1.27 bits per heavy atom. The summed E-state index contributed by atoms with van der Waals surface area (Å²) in [5, 5.41) is 8.66. The van der Waals surface area contributed by atoms with Gasteiger partial charge in [0.05, 0.1) is 30.6 Å². The molecule has 1 aliphatic heterocycles. The minimum Gasteiger partial charge on any atom is -0.481 e. The Hall–Kier alpha value is -1.81. The molecule has 1 aromatic carbocycles. The molecule has 1 heterocycles. The molecule has 0 aliphatic carbocycles. The van der Waals surface area contributed by atoms with Crippen LogP contribution in [-0.4, -0.2) is 48.4 Å². The van der Waals surface area contributed by atoms with Gasteiger partial charge >= 0.3 is 18.3 Å². The fourth-order valence-electron chi connectivity index (χ4n) is 2.79. The second-order valence-corrected chi connectivity index (χ2v) is 6.08. The van der Waals surface area contributed by atoms with Crippen LogP contribution in [0.5, 0.6) is 0 Å². The van der Waals surface area contributed by atoms with E-state index in [1.807, 2.05) is 0 Å². The Balaban J connectivity index is 2.10. The number of halogens is 6. The predicted molar refractivity (Wildman–Crippen MR) is 78.4 cm³/mol. The Morgan fingerprint density at radius 3 is 2.54 bits per heavy atom. The molecule has 1 saturated heterocycles. The number of hydrogen-bond acceptors (Lipinski definition) is 3. The molecule has 0 radical (unpaired) electrons. The molecule has 26 heavy (non-hydrogen) atoms. The molecular formula is C16H17F6NO3. The van der Waals surface area contributed by atoms with Crippen molar-refractivity contribution in [1.82, 2.24) is 4.90 Å². The van der Waals surface area contributed by atoms with E-state index >= 15 is 0 Å². The molecule has 1 N–H and O–H groups in total. The zero-order valence-corrected chi connectivity index (χ0v) is 13.5. The van der Waals surface area contributed by atoms with Crippen LogP contribution in [0, 0.1) is 5.92 Å². The van der Waals surface area contributed by atoms with Gasteiger partial charge in [-0.3, -0.25) is 9.69 Å². The number of carboxylic acid groups (broad SMARTS) is 1. The number of rotatable bonds is 5. The van der Waals surface area contributed by atoms with Crippen molar-refractivity contribution in [2.24, 2.45) is 5.92 Å². The van der Waals surface area contributed by atoms with Gasteiger partial charge in [0.2, 0.25) is 0 Å². The van der Waals surface area contributed by atoms with Gasteiger partial charge in [-0.1, -0.05) is 12.1 Å². The first-order valence-electron chi connectivity index (χ1n) is 7.76. The van der Waals surface area contributed by atoms with Gasteiger partial charge in [-0.2, -0.15) is 26.3 Å². The van der Waals surface area contributed by atoms with Crippen molar-refractivity contribution >= 4 is 5.97 Å². The Kier molecular flexibility index (Phi) is 6.17. The third kappa shape index (κ3) is 5.60. The van der Waals surface area contributed by atoms with Crippen LogP contribution in [0.1, 0.15) is 23.7 Å². The first-order chi connectivity index (χ1) is 12.0. The van der Waals surface area contributed by atoms with E-state index < -0.39 is 48.9 Å². The van der Waals surface area contributed by atoms with E-state index in [4.69, 9.17) is 9.84 Å². The van der Waals surface area contributed by atoms with Crippen LogP contribution >= 0.6 is 0 Å². The maximum Gasteiger partial charge on any atom is 0.416 e. The molecule has 4 nitrogen and oxygen atoms in total. The van der Waals surface area contributed by atoms with Crippen LogP contribution in [-0.2, 0) is 15.7 Å². The van der Waals surface area contributed by atoms with Gasteiger partial charge in [0, 0.05) is 19.6 Å². The molecule has 2 atom stereocenters. The van der Waals surface area contributed by atoms with E-state index in [-0.39, 0.29) is 25.3 Å². The van der Waals surface area contributed by atoms with Gasteiger partial charge < -0.3 is 9.84 Å². The molecule has 0 unspecified atom stereocenters. The van der Waals surface area contributed by atoms with Crippen LogP contribution < -0.4 is 0 Å². The largest absolute Gasteiger partial charge is 0.481 e. The lowest BCUT2D eigenvalue weighted by Gasteiger charge is -2.35. The number of alkyl halides is 6. The fraction of sp³-hybridized carbons (Fsp3) is 0.562. The summed E-state index contributed by atoms with van der Waals surface area (Å²) in [6.07, 6.45) is -11.1. The molecule has 0 amide bonds. The highest BCUT2D eigenvalue weighted by Gasteiger charge is 2.42. The smallest absolute Gasteiger partial charge is 0.416 e. The maximum atomic E-state index is 13.0. The quantitative estimate of drug-likeness (QED) is 0.785. The molecule has 1 aliphatic rings. The molecule has 0 bridgehead atoms. The van der Waals surface area contributed by atoms with E-state index in [2.05, 4.69) is 0 Å². The predicted octanol–water partition coefficient (Wildman–Crippen LogP) is 3.73. The van der Waals surface area contributed by atoms with Crippen molar-refractivity contribution in [3.8, 4) is 0 Å². The topological polar surface area (TPSA) is 49.8 Å². The van der Waals surface area contributed by atoms with Crippen LogP contribution in [0.15, 0.2) is 24.3 Å². The van der Waals surface area contributed by atoms with Crippen LogP contribution in [0.3, 0.4) is 0 Å².